The summed E-state index contributed by atoms with van der Waals surface area (Å²) in [7, 11) is 1.91. The van der Waals surface area contributed by atoms with Gasteiger partial charge >= 0.3 is 0 Å². The van der Waals surface area contributed by atoms with E-state index in [1.807, 2.05) is 7.05 Å². The molecule has 4 nitrogen and oxygen atoms in total. The third-order valence-electron chi connectivity index (χ3n) is 4.05. The third-order valence-corrected chi connectivity index (χ3v) is 4.52. The number of hydrogen-bond donors (Lipinski definition) is 0. The molecule has 0 unspecified atom stereocenters. The fraction of sp³-hybridized carbons (Fsp3) is 0.800. The highest BCUT2D eigenvalue weighted by Crippen LogP contribution is 2.22. The lowest BCUT2D eigenvalue weighted by atomic mass is 10.1. The molecule has 1 aromatic heterocycles. The molecular weight excluding hydrogens is 274 g/mol. The van der Waals surface area contributed by atoms with Crippen molar-refractivity contribution >= 4 is 11.6 Å². The Bertz CT molecular complexity index is 427. The molecule has 1 aliphatic heterocycles. The van der Waals surface area contributed by atoms with Crippen molar-refractivity contribution in [3.8, 4) is 0 Å². The molecule has 5 heteroatoms. The first-order valence-electron chi connectivity index (χ1n) is 7.69. The Labute approximate surface area is 127 Å². The van der Waals surface area contributed by atoms with Crippen LogP contribution in [-0.2, 0) is 24.8 Å². The third kappa shape index (κ3) is 3.74. The molecule has 1 atom stereocenters. The van der Waals surface area contributed by atoms with Crippen LogP contribution in [0.1, 0.15) is 44.4 Å². The molecule has 2 heterocycles. The maximum Gasteiger partial charge on any atom is 0.131 e. The minimum Gasteiger partial charge on any atom is -0.377 e. The van der Waals surface area contributed by atoms with Crippen LogP contribution in [-0.4, -0.2) is 40.5 Å². The standard InChI is InChI=1S/C15H26ClN3O/c1-4-14-13(15(16)18(3)17-14)11-19(5-2)10-12-8-6-7-9-20-12/h12H,4-11H2,1-3H3/t12-/m1/s1. The van der Waals surface area contributed by atoms with E-state index in [9.17, 15) is 0 Å². The Morgan fingerprint density at radius 2 is 2.20 bits per heavy atom. The molecule has 1 saturated heterocycles. The fourth-order valence-electron chi connectivity index (χ4n) is 2.81. The predicted molar refractivity (Wildman–Crippen MR) is 82.1 cm³/mol. The predicted octanol–water partition coefficient (Wildman–Crippen LogP) is 3.03. The smallest absolute Gasteiger partial charge is 0.131 e. The lowest BCUT2D eigenvalue weighted by Crippen LogP contribution is -2.35. The van der Waals surface area contributed by atoms with E-state index in [2.05, 4.69) is 23.8 Å². The molecule has 0 aliphatic carbocycles. The molecule has 0 bridgehead atoms. The van der Waals surface area contributed by atoms with Gasteiger partial charge in [0.1, 0.15) is 5.15 Å². The first-order chi connectivity index (χ1) is 9.65. The van der Waals surface area contributed by atoms with Crippen molar-refractivity contribution in [2.45, 2.75) is 52.2 Å². The maximum absolute atomic E-state index is 6.38. The lowest BCUT2D eigenvalue weighted by molar-refractivity contribution is -0.00627. The fourth-order valence-corrected chi connectivity index (χ4v) is 3.02. The molecule has 2 rings (SSSR count). The Kier molecular flexibility index (Phi) is 5.87. The van der Waals surface area contributed by atoms with E-state index >= 15 is 0 Å². The minimum absolute atomic E-state index is 0.379. The van der Waals surface area contributed by atoms with Crippen LogP contribution >= 0.6 is 11.6 Å². The number of likely N-dealkylation sites (N-methyl/N-ethyl adjacent to an activating group) is 1. The Morgan fingerprint density at radius 1 is 1.40 bits per heavy atom. The van der Waals surface area contributed by atoms with Crippen molar-refractivity contribution in [3.63, 3.8) is 0 Å². The van der Waals surface area contributed by atoms with Gasteiger partial charge in [0.25, 0.3) is 0 Å². The van der Waals surface area contributed by atoms with E-state index in [1.54, 1.807) is 4.68 Å². The van der Waals surface area contributed by atoms with Crippen LogP contribution < -0.4 is 0 Å². The molecule has 0 aromatic carbocycles. The number of hydrogen-bond acceptors (Lipinski definition) is 3. The van der Waals surface area contributed by atoms with Gasteiger partial charge in [0.15, 0.2) is 0 Å². The number of aromatic nitrogens is 2. The van der Waals surface area contributed by atoms with E-state index in [-0.39, 0.29) is 0 Å². The molecule has 0 saturated carbocycles. The normalized spacial score (nSPS) is 19.8. The summed E-state index contributed by atoms with van der Waals surface area (Å²) in [5, 5.41) is 5.26. The van der Waals surface area contributed by atoms with Crippen molar-refractivity contribution < 1.29 is 4.74 Å². The van der Waals surface area contributed by atoms with Crippen molar-refractivity contribution in [2.75, 3.05) is 19.7 Å². The molecule has 1 aliphatic rings. The summed E-state index contributed by atoms with van der Waals surface area (Å²) < 4.78 is 7.62. The van der Waals surface area contributed by atoms with Gasteiger partial charge in [-0.05, 0) is 32.2 Å². The van der Waals surface area contributed by atoms with Crippen LogP contribution in [0, 0.1) is 0 Å². The summed E-state index contributed by atoms with van der Waals surface area (Å²) in [6.45, 7) is 8.10. The van der Waals surface area contributed by atoms with Crippen LogP contribution in [0.15, 0.2) is 0 Å². The van der Waals surface area contributed by atoms with Crippen LogP contribution in [0.4, 0.5) is 0 Å². The quantitative estimate of drug-likeness (QED) is 0.809. The average molecular weight is 300 g/mol. The van der Waals surface area contributed by atoms with Gasteiger partial charge in [-0.3, -0.25) is 9.58 Å². The Balaban J connectivity index is 2.02. The highest BCUT2D eigenvalue weighted by molar-refractivity contribution is 6.30. The van der Waals surface area contributed by atoms with Gasteiger partial charge in [0, 0.05) is 32.3 Å². The van der Waals surface area contributed by atoms with Crippen molar-refractivity contribution in [1.29, 1.82) is 0 Å². The van der Waals surface area contributed by atoms with Gasteiger partial charge in [-0.2, -0.15) is 5.10 Å². The van der Waals surface area contributed by atoms with Gasteiger partial charge in [-0.15, -0.1) is 0 Å². The van der Waals surface area contributed by atoms with Gasteiger partial charge < -0.3 is 4.74 Å². The summed E-state index contributed by atoms with van der Waals surface area (Å²) in [6, 6.07) is 0. The first-order valence-corrected chi connectivity index (χ1v) is 8.07. The van der Waals surface area contributed by atoms with Gasteiger partial charge in [0.05, 0.1) is 11.8 Å². The zero-order valence-electron chi connectivity index (χ0n) is 12.9. The largest absolute Gasteiger partial charge is 0.377 e. The number of rotatable bonds is 6. The van der Waals surface area contributed by atoms with Gasteiger partial charge in [-0.25, -0.2) is 0 Å². The molecule has 0 spiro atoms. The van der Waals surface area contributed by atoms with Crippen LogP contribution in [0.25, 0.3) is 0 Å². The van der Waals surface area contributed by atoms with Gasteiger partial charge in [0.2, 0.25) is 0 Å². The number of ether oxygens (including phenoxy) is 1. The molecule has 0 amide bonds. The monoisotopic (exact) mass is 299 g/mol. The first kappa shape index (κ1) is 15.8. The minimum atomic E-state index is 0.379. The zero-order valence-corrected chi connectivity index (χ0v) is 13.6. The Morgan fingerprint density at radius 3 is 2.80 bits per heavy atom. The van der Waals surface area contributed by atoms with E-state index in [0.29, 0.717) is 6.10 Å². The molecule has 0 radical (unpaired) electrons. The number of halogens is 1. The molecule has 114 valence electrons. The van der Waals surface area contributed by atoms with Crippen LogP contribution in [0.3, 0.4) is 0 Å². The van der Waals surface area contributed by atoms with Gasteiger partial charge in [-0.1, -0.05) is 25.4 Å². The SMILES string of the molecule is CCc1nn(C)c(Cl)c1CN(CC)C[C@H]1CCCCO1. The number of nitrogens with zero attached hydrogens (tertiary/aromatic N) is 3. The molecular formula is C15H26ClN3O. The van der Waals surface area contributed by atoms with E-state index < -0.39 is 0 Å². The summed E-state index contributed by atoms with van der Waals surface area (Å²) in [5.41, 5.74) is 2.29. The summed E-state index contributed by atoms with van der Waals surface area (Å²) in [5.74, 6) is 0. The van der Waals surface area contributed by atoms with E-state index in [4.69, 9.17) is 16.3 Å². The Hall–Kier alpha value is -0.580. The molecule has 1 fully saturated rings. The summed E-state index contributed by atoms with van der Waals surface area (Å²) >= 11 is 6.38. The number of aryl methyl sites for hydroxylation is 2. The van der Waals surface area contributed by atoms with E-state index in [0.717, 1.165) is 43.5 Å². The lowest BCUT2D eigenvalue weighted by Gasteiger charge is -2.29. The van der Waals surface area contributed by atoms with Crippen LogP contribution in [0.5, 0.6) is 0 Å². The molecule has 0 N–H and O–H groups in total. The second-order valence-corrected chi connectivity index (χ2v) is 5.87. The average Bonchev–Trinajstić information content (AvgIpc) is 2.75. The second kappa shape index (κ2) is 7.43. The molecule has 20 heavy (non-hydrogen) atoms. The molecule has 1 aromatic rings. The van der Waals surface area contributed by atoms with Crippen molar-refractivity contribution in [1.82, 2.24) is 14.7 Å². The maximum atomic E-state index is 6.38. The zero-order chi connectivity index (χ0) is 14.5. The topological polar surface area (TPSA) is 30.3 Å². The van der Waals surface area contributed by atoms with Crippen molar-refractivity contribution in [3.05, 3.63) is 16.4 Å². The summed E-state index contributed by atoms with van der Waals surface area (Å²) in [4.78, 5) is 2.41. The highest BCUT2D eigenvalue weighted by Gasteiger charge is 2.20. The van der Waals surface area contributed by atoms with E-state index in [1.165, 1.54) is 24.8 Å². The van der Waals surface area contributed by atoms with Crippen molar-refractivity contribution in [2.24, 2.45) is 7.05 Å². The second-order valence-electron chi connectivity index (χ2n) is 5.51. The summed E-state index contributed by atoms with van der Waals surface area (Å²) in [6.07, 6.45) is 4.97. The highest BCUT2D eigenvalue weighted by atomic mass is 35.5. The van der Waals surface area contributed by atoms with Crippen LogP contribution in [0.2, 0.25) is 5.15 Å².